The lowest BCUT2D eigenvalue weighted by Crippen LogP contribution is -2.21. The molecule has 0 aliphatic carbocycles. The average molecular weight is 227 g/mol. The van der Waals surface area contributed by atoms with Gasteiger partial charge in [-0.25, -0.2) is 0 Å². The van der Waals surface area contributed by atoms with E-state index in [2.05, 4.69) is 34.3 Å². The largest absolute Gasteiger partial charge is 0.310 e. The number of hydrogen-bond donors (Lipinski definition) is 1. The Kier molecular flexibility index (Phi) is 4.22. The van der Waals surface area contributed by atoms with Crippen LogP contribution in [0, 0.1) is 0 Å². The Hall–Kier alpha value is -1.74. The van der Waals surface area contributed by atoms with Gasteiger partial charge in [-0.3, -0.25) is 9.97 Å². The zero-order chi connectivity index (χ0) is 11.9. The van der Waals surface area contributed by atoms with Gasteiger partial charge >= 0.3 is 0 Å². The quantitative estimate of drug-likeness (QED) is 0.852. The molecule has 2 aromatic rings. The Balaban J connectivity index is 1.79. The fraction of sp³-hybridized carbons (Fsp3) is 0.286. The first-order valence-corrected chi connectivity index (χ1v) is 5.89. The zero-order valence-electron chi connectivity index (χ0n) is 10.0. The Labute approximate surface area is 102 Å². The van der Waals surface area contributed by atoms with Gasteiger partial charge in [0.25, 0.3) is 0 Å². The molecule has 17 heavy (non-hydrogen) atoms. The van der Waals surface area contributed by atoms with Crippen molar-refractivity contribution in [2.24, 2.45) is 0 Å². The summed E-state index contributed by atoms with van der Waals surface area (Å²) in [7, 11) is 0. The average Bonchev–Trinajstić information content (AvgIpc) is 2.41. The first-order valence-electron chi connectivity index (χ1n) is 5.89. The molecule has 2 heterocycles. The van der Waals surface area contributed by atoms with Crippen LogP contribution in [0.4, 0.5) is 0 Å². The number of aromatic nitrogens is 2. The lowest BCUT2D eigenvalue weighted by Gasteiger charge is -2.13. The van der Waals surface area contributed by atoms with Crippen LogP contribution in [0.3, 0.4) is 0 Å². The molecule has 3 heteroatoms. The summed E-state index contributed by atoms with van der Waals surface area (Å²) < 4.78 is 0. The van der Waals surface area contributed by atoms with Crippen molar-refractivity contribution in [3.8, 4) is 0 Å². The molecule has 0 aliphatic heterocycles. The molecule has 0 aliphatic rings. The maximum Gasteiger partial charge on any atom is 0.0416 e. The van der Waals surface area contributed by atoms with Gasteiger partial charge in [-0.15, -0.1) is 0 Å². The van der Waals surface area contributed by atoms with Gasteiger partial charge in [0.1, 0.15) is 0 Å². The van der Waals surface area contributed by atoms with Gasteiger partial charge in [0.15, 0.2) is 0 Å². The highest BCUT2D eigenvalue weighted by atomic mass is 14.9. The SMILES string of the molecule is CC(NCCc1ccccn1)c1cccnc1. The molecular formula is C14H17N3. The maximum absolute atomic E-state index is 4.30. The highest BCUT2D eigenvalue weighted by Crippen LogP contribution is 2.09. The second kappa shape index (κ2) is 6.11. The van der Waals surface area contributed by atoms with Crippen LogP contribution >= 0.6 is 0 Å². The van der Waals surface area contributed by atoms with E-state index in [0.29, 0.717) is 6.04 Å². The summed E-state index contributed by atoms with van der Waals surface area (Å²) in [5.41, 5.74) is 2.34. The molecule has 1 unspecified atom stereocenters. The Morgan fingerprint density at radius 3 is 2.82 bits per heavy atom. The maximum atomic E-state index is 4.30. The minimum Gasteiger partial charge on any atom is -0.310 e. The van der Waals surface area contributed by atoms with Crippen LogP contribution in [0.25, 0.3) is 0 Å². The van der Waals surface area contributed by atoms with Crippen molar-refractivity contribution in [3.63, 3.8) is 0 Å². The topological polar surface area (TPSA) is 37.8 Å². The second-order valence-electron chi connectivity index (χ2n) is 4.03. The van der Waals surface area contributed by atoms with Crippen molar-refractivity contribution in [2.75, 3.05) is 6.54 Å². The lowest BCUT2D eigenvalue weighted by atomic mass is 10.1. The van der Waals surface area contributed by atoms with Crippen LogP contribution in [0.15, 0.2) is 48.9 Å². The first kappa shape index (κ1) is 11.7. The summed E-state index contributed by atoms with van der Waals surface area (Å²) in [4.78, 5) is 8.42. The standard InChI is InChI=1S/C14H17N3/c1-12(13-5-4-8-15-11-13)16-10-7-14-6-2-3-9-17-14/h2-6,8-9,11-12,16H,7,10H2,1H3. The number of rotatable bonds is 5. The molecule has 2 aromatic heterocycles. The summed E-state index contributed by atoms with van der Waals surface area (Å²) in [6.45, 7) is 3.07. The van der Waals surface area contributed by atoms with Gasteiger partial charge in [0, 0.05) is 43.3 Å². The second-order valence-corrected chi connectivity index (χ2v) is 4.03. The number of nitrogens with zero attached hydrogens (tertiary/aromatic N) is 2. The van der Waals surface area contributed by atoms with Crippen LogP contribution < -0.4 is 5.32 Å². The molecule has 0 bridgehead atoms. The van der Waals surface area contributed by atoms with E-state index in [1.54, 1.807) is 6.20 Å². The van der Waals surface area contributed by atoms with Crippen LogP contribution in [0.1, 0.15) is 24.2 Å². The van der Waals surface area contributed by atoms with Gasteiger partial charge in [-0.05, 0) is 30.7 Å². The third kappa shape index (κ3) is 3.64. The van der Waals surface area contributed by atoms with Crippen LogP contribution in [-0.2, 0) is 6.42 Å². The third-order valence-electron chi connectivity index (χ3n) is 2.74. The molecule has 88 valence electrons. The fourth-order valence-corrected chi connectivity index (χ4v) is 1.71. The van der Waals surface area contributed by atoms with Gasteiger partial charge < -0.3 is 5.32 Å². The van der Waals surface area contributed by atoms with Gasteiger partial charge in [0.05, 0.1) is 0 Å². The lowest BCUT2D eigenvalue weighted by molar-refractivity contribution is 0.572. The Bertz CT molecular complexity index is 428. The van der Waals surface area contributed by atoms with Crippen molar-refractivity contribution in [1.29, 1.82) is 0 Å². The predicted molar refractivity (Wildman–Crippen MR) is 68.6 cm³/mol. The molecule has 0 radical (unpaired) electrons. The number of pyridine rings is 2. The van der Waals surface area contributed by atoms with E-state index >= 15 is 0 Å². The van der Waals surface area contributed by atoms with E-state index < -0.39 is 0 Å². The molecule has 1 atom stereocenters. The summed E-state index contributed by atoms with van der Waals surface area (Å²) in [5, 5.41) is 3.47. The van der Waals surface area contributed by atoms with Crippen LogP contribution in [0.2, 0.25) is 0 Å². The summed E-state index contributed by atoms with van der Waals surface area (Å²) in [6.07, 6.45) is 6.48. The van der Waals surface area contributed by atoms with Crippen molar-refractivity contribution in [2.45, 2.75) is 19.4 Å². The van der Waals surface area contributed by atoms with E-state index in [-0.39, 0.29) is 0 Å². The van der Waals surface area contributed by atoms with Gasteiger partial charge in [-0.1, -0.05) is 12.1 Å². The third-order valence-corrected chi connectivity index (χ3v) is 2.74. The monoisotopic (exact) mass is 227 g/mol. The molecule has 2 rings (SSSR count). The Morgan fingerprint density at radius 1 is 1.18 bits per heavy atom. The van der Waals surface area contributed by atoms with Crippen molar-refractivity contribution < 1.29 is 0 Å². The summed E-state index contributed by atoms with van der Waals surface area (Å²) in [5.74, 6) is 0. The smallest absolute Gasteiger partial charge is 0.0416 e. The molecule has 0 saturated carbocycles. The summed E-state index contributed by atoms with van der Waals surface area (Å²) in [6, 6.07) is 10.4. The zero-order valence-corrected chi connectivity index (χ0v) is 10.0. The van der Waals surface area contributed by atoms with E-state index in [4.69, 9.17) is 0 Å². The van der Waals surface area contributed by atoms with Crippen LogP contribution in [-0.4, -0.2) is 16.5 Å². The Morgan fingerprint density at radius 2 is 2.12 bits per heavy atom. The molecule has 0 fully saturated rings. The van der Waals surface area contributed by atoms with Gasteiger partial charge in [0.2, 0.25) is 0 Å². The summed E-state index contributed by atoms with van der Waals surface area (Å²) >= 11 is 0. The van der Waals surface area contributed by atoms with E-state index in [1.807, 2.05) is 30.6 Å². The molecule has 0 amide bonds. The minimum absolute atomic E-state index is 0.326. The van der Waals surface area contributed by atoms with E-state index in [1.165, 1.54) is 5.56 Å². The highest BCUT2D eigenvalue weighted by molar-refractivity contribution is 5.12. The first-order chi connectivity index (χ1) is 8.36. The normalized spacial score (nSPS) is 12.3. The van der Waals surface area contributed by atoms with Crippen LogP contribution in [0.5, 0.6) is 0 Å². The predicted octanol–water partition coefficient (Wildman–Crippen LogP) is 2.37. The number of hydrogen-bond acceptors (Lipinski definition) is 3. The molecular weight excluding hydrogens is 210 g/mol. The van der Waals surface area contributed by atoms with Crippen molar-refractivity contribution in [1.82, 2.24) is 15.3 Å². The molecule has 0 spiro atoms. The number of nitrogens with one attached hydrogen (secondary N) is 1. The van der Waals surface area contributed by atoms with Gasteiger partial charge in [-0.2, -0.15) is 0 Å². The van der Waals surface area contributed by atoms with E-state index in [0.717, 1.165) is 18.7 Å². The van der Waals surface area contributed by atoms with Crippen molar-refractivity contribution in [3.05, 3.63) is 60.2 Å². The minimum atomic E-state index is 0.326. The fourth-order valence-electron chi connectivity index (χ4n) is 1.71. The molecule has 0 aromatic carbocycles. The van der Waals surface area contributed by atoms with E-state index in [9.17, 15) is 0 Å². The highest BCUT2D eigenvalue weighted by Gasteiger charge is 2.03. The molecule has 1 N–H and O–H groups in total. The van der Waals surface area contributed by atoms with Crippen molar-refractivity contribution >= 4 is 0 Å². The molecule has 0 saturated heterocycles. The molecule has 3 nitrogen and oxygen atoms in total.